The highest BCUT2D eigenvalue weighted by Crippen LogP contribution is 2.24. The van der Waals surface area contributed by atoms with Crippen LogP contribution in [0.4, 0.5) is 0 Å². The molecular weight excluding hydrogens is 289 g/mol. The highest BCUT2D eigenvalue weighted by Gasteiger charge is 2.27. The van der Waals surface area contributed by atoms with E-state index in [9.17, 15) is 9.90 Å². The van der Waals surface area contributed by atoms with Gasteiger partial charge in [0.2, 0.25) is 0 Å². The smallest absolute Gasteiger partial charge is 0.321 e. The molecule has 1 heterocycles. The molecule has 1 saturated heterocycles. The molecule has 1 aromatic carbocycles. The number of carboxylic acid groups (broad SMARTS) is 1. The molecule has 19 heavy (non-hydrogen) atoms. The first-order valence-corrected chi connectivity index (χ1v) is 6.82. The Balaban J connectivity index is 2.11. The van der Waals surface area contributed by atoms with Gasteiger partial charge in [-0.1, -0.05) is 29.3 Å². The highest BCUT2D eigenvalue weighted by atomic mass is 35.5. The van der Waals surface area contributed by atoms with Crippen molar-refractivity contribution >= 4 is 29.2 Å². The van der Waals surface area contributed by atoms with Crippen molar-refractivity contribution in [1.82, 2.24) is 4.90 Å². The molecule has 1 aliphatic heterocycles. The molecule has 0 saturated carbocycles. The summed E-state index contributed by atoms with van der Waals surface area (Å²) in [7, 11) is 0. The van der Waals surface area contributed by atoms with Gasteiger partial charge >= 0.3 is 5.97 Å². The molecule has 1 atom stereocenters. The predicted molar refractivity (Wildman–Crippen MR) is 74.0 cm³/mol. The Morgan fingerprint density at radius 2 is 2.00 bits per heavy atom. The van der Waals surface area contributed by atoms with Gasteiger partial charge in [0.05, 0.1) is 23.3 Å². The molecule has 1 fully saturated rings. The minimum Gasteiger partial charge on any atom is -0.480 e. The lowest BCUT2D eigenvalue weighted by atomic mass is 10.0. The molecule has 1 aliphatic rings. The fourth-order valence-corrected chi connectivity index (χ4v) is 2.47. The van der Waals surface area contributed by atoms with Gasteiger partial charge in [-0.15, -0.1) is 0 Å². The maximum atomic E-state index is 11.4. The van der Waals surface area contributed by atoms with Gasteiger partial charge in [0.1, 0.15) is 6.04 Å². The van der Waals surface area contributed by atoms with Crippen molar-refractivity contribution in [3.8, 4) is 0 Å². The molecule has 0 bridgehead atoms. The van der Waals surface area contributed by atoms with Gasteiger partial charge in [0.25, 0.3) is 0 Å². The van der Waals surface area contributed by atoms with E-state index in [4.69, 9.17) is 27.9 Å². The molecule has 2 rings (SSSR count). The minimum atomic E-state index is -0.826. The Hall–Kier alpha value is -0.810. The topological polar surface area (TPSA) is 49.8 Å². The van der Waals surface area contributed by atoms with E-state index in [0.29, 0.717) is 42.8 Å². The van der Waals surface area contributed by atoms with Crippen LogP contribution in [0.25, 0.3) is 0 Å². The van der Waals surface area contributed by atoms with E-state index in [0.717, 1.165) is 5.56 Å². The molecule has 0 aromatic heterocycles. The monoisotopic (exact) mass is 303 g/mol. The quantitative estimate of drug-likeness (QED) is 0.927. The summed E-state index contributed by atoms with van der Waals surface area (Å²) in [5, 5.41) is 10.3. The van der Waals surface area contributed by atoms with Crippen LogP contribution < -0.4 is 0 Å². The van der Waals surface area contributed by atoms with Gasteiger partial charge in [-0.25, -0.2) is 0 Å². The molecule has 1 aromatic rings. The molecule has 1 unspecified atom stereocenters. The summed E-state index contributed by atoms with van der Waals surface area (Å²) in [6, 6.07) is 4.67. The van der Waals surface area contributed by atoms with Gasteiger partial charge in [-0.3, -0.25) is 9.69 Å². The molecular formula is C13H15Cl2NO3. The number of carboxylic acids is 1. The minimum absolute atomic E-state index is 0.409. The van der Waals surface area contributed by atoms with Crippen LogP contribution in [-0.4, -0.2) is 48.3 Å². The van der Waals surface area contributed by atoms with Crippen LogP contribution in [0.2, 0.25) is 10.0 Å². The third kappa shape index (κ3) is 3.83. The second-order valence-electron chi connectivity index (χ2n) is 4.45. The number of benzene rings is 1. The number of ether oxygens (including phenoxy) is 1. The Morgan fingerprint density at radius 3 is 2.58 bits per heavy atom. The van der Waals surface area contributed by atoms with E-state index < -0.39 is 12.0 Å². The van der Waals surface area contributed by atoms with Crippen molar-refractivity contribution in [2.45, 2.75) is 12.5 Å². The Bertz CT molecular complexity index is 461. The first-order chi connectivity index (χ1) is 9.08. The lowest BCUT2D eigenvalue weighted by Crippen LogP contribution is -2.48. The number of nitrogens with zero attached hydrogens (tertiary/aromatic N) is 1. The average Bonchev–Trinajstić information content (AvgIpc) is 2.40. The van der Waals surface area contributed by atoms with E-state index in [2.05, 4.69) is 0 Å². The summed E-state index contributed by atoms with van der Waals surface area (Å²) in [4.78, 5) is 13.3. The summed E-state index contributed by atoms with van der Waals surface area (Å²) in [5.74, 6) is -0.826. The van der Waals surface area contributed by atoms with Gasteiger partial charge in [0.15, 0.2) is 0 Å². The number of morpholine rings is 1. The van der Waals surface area contributed by atoms with Crippen molar-refractivity contribution in [2.24, 2.45) is 0 Å². The van der Waals surface area contributed by atoms with Crippen LogP contribution in [0.3, 0.4) is 0 Å². The molecule has 0 aliphatic carbocycles. The number of rotatable bonds is 4. The molecule has 1 N–H and O–H groups in total. The second-order valence-corrected chi connectivity index (χ2v) is 5.27. The van der Waals surface area contributed by atoms with Crippen LogP contribution in [0.15, 0.2) is 18.2 Å². The first-order valence-electron chi connectivity index (χ1n) is 6.06. The molecule has 0 radical (unpaired) electrons. The van der Waals surface area contributed by atoms with E-state index >= 15 is 0 Å². The highest BCUT2D eigenvalue weighted by molar-refractivity contribution is 6.42. The lowest BCUT2D eigenvalue weighted by molar-refractivity contribution is -0.145. The largest absolute Gasteiger partial charge is 0.480 e. The molecule has 104 valence electrons. The summed E-state index contributed by atoms with van der Waals surface area (Å²) in [5.41, 5.74) is 0.869. The zero-order valence-electron chi connectivity index (χ0n) is 10.3. The second kappa shape index (κ2) is 6.57. The predicted octanol–water partition coefficient (Wildman–Crippen LogP) is 2.32. The average molecular weight is 304 g/mol. The van der Waals surface area contributed by atoms with Crippen LogP contribution >= 0.6 is 23.2 Å². The summed E-state index contributed by atoms with van der Waals surface area (Å²) >= 11 is 11.8. The molecule has 6 heteroatoms. The van der Waals surface area contributed by atoms with Crippen molar-refractivity contribution < 1.29 is 14.6 Å². The van der Waals surface area contributed by atoms with E-state index in [-0.39, 0.29) is 0 Å². The number of halogens is 2. The Labute approximate surface area is 121 Å². The standard InChI is InChI=1S/C13H15Cl2NO3/c14-10-2-1-9(7-11(10)15)8-12(13(17)18)16-3-5-19-6-4-16/h1-2,7,12H,3-6,8H2,(H,17,18). The van der Waals surface area contributed by atoms with E-state index in [1.807, 2.05) is 11.0 Å². The van der Waals surface area contributed by atoms with Crippen LogP contribution in [0.5, 0.6) is 0 Å². The zero-order valence-corrected chi connectivity index (χ0v) is 11.8. The first kappa shape index (κ1) is 14.6. The normalized spacial score (nSPS) is 18.2. The molecule has 0 spiro atoms. The third-order valence-electron chi connectivity index (χ3n) is 3.18. The fraction of sp³-hybridized carbons (Fsp3) is 0.462. The molecule has 4 nitrogen and oxygen atoms in total. The Morgan fingerprint density at radius 1 is 1.32 bits per heavy atom. The van der Waals surface area contributed by atoms with Gasteiger partial charge in [-0.05, 0) is 24.1 Å². The van der Waals surface area contributed by atoms with Crippen molar-refractivity contribution in [3.05, 3.63) is 33.8 Å². The SMILES string of the molecule is O=C(O)C(Cc1ccc(Cl)c(Cl)c1)N1CCOCC1. The summed E-state index contributed by atoms with van der Waals surface area (Å²) in [6.07, 6.45) is 0.409. The maximum absolute atomic E-state index is 11.4. The van der Waals surface area contributed by atoms with Gasteiger partial charge < -0.3 is 9.84 Å². The van der Waals surface area contributed by atoms with Crippen molar-refractivity contribution in [3.63, 3.8) is 0 Å². The van der Waals surface area contributed by atoms with E-state index in [1.54, 1.807) is 12.1 Å². The van der Waals surface area contributed by atoms with Gasteiger partial charge in [-0.2, -0.15) is 0 Å². The number of hydrogen-bond acceptors (Lipinski definition) is 3. The number of hydrogen-bond donors (Lipinski definition) is 1. The number of aliphatic carboxylic acids is 1. The van der Waals surface area contributed by atoms with Crippen molar-refractivity contribution in [1.29, 1.82) is 0 Å². The summed E-state index contributed by atoms with van der Waals surface area (Å²) in [6.45, 7) is 2.42. The lowest BCUT2D eigenvalue weighted by Gasteiger charge is -2.32. The van der Waals surface area contributed by atoms with Crippen LogP contribution in [-0.2, 0) is 16.0 Å². The van der Waals surface area contributed by atoms with Gasteiger partial charge in [0, 0.05) is 13.1 Å². The maximum Gasteiger partial charge on any atom is 0.321 e. The third-order valence-corrected chi connectivity index (χ3v) is 3.92. The molecule has 0 amide bonds. The zero-order chi connectivity index (χ0) is 13.8. The number of carbonyl (C=O) groups is 1. The van der Waals surface area contributed by atoms with Crippen LogP contribution in [0.1, 0.15) is 5.56 Å². The Kier molecular flexibility index (Phi) is 5.05. The fourth-order valence-electron chi connectivity index (χ4n) is 2.15. The van der Waals surface area contributed by atoms with Crippen molar-refractivity contribution in [2.75, 3.05) is 26.3 Å². The summed E-state index contributed by atoms with van der Waals surface area (Å²) < 4.78 is 5.24. The van der Waals surface area contributed by atoms with Crippen LogP contribution in [0, 0.1) is 0 Å². The van der Waals surface area contributed by atoms with E-state index in [1.165, 1.54) is 0 Å².